The highest BCUT2D eigenvalue weighted by molar-refractivity contribution is 5.85. The van der Waals surface area contributed by atoms with Crippen LogP contribution in [0.4, 0.5) is 0 Å². The maximum Gasteiger partial charge on any atom is 0.120 e. The summed E-state index contributed by atoms with van der Waals surface area (Å²) in [4.78, 5) is 7.51. The summed E-state index contributed by atoms with van der Waals surface area (Å²) in [6.45, 7) is 2.20. The van der Waals surface area contributed by atoms with E-state index in [9.17, 15) is 0 Å². The summed E-state index contributed by atoms with van der Waals surface area (Å²) in [5, 5.41) is 1.23. The molecule has 3 rings (SSSR count). The van der Waals surface area contributed by atoms with Gasteiger partial charge >= 0.3 is 0 Å². The largest absolute Gasteiger partial charge is 0.497 e. The molecule has 0 bridgehead atoms. The summed E-state index contributed by atoms with van der Waals surface area (Å²) in [5.74, 6) is 1.19. The molecule has 0 radical (unpaired) electrons. The van der Waals surface area contributed by atoms with Crippen LogP contribution in [-0.2, 0) is 0 Å². The van der Waals surface area contributed by atoms with Gasteiger partial charge in [-0.15, -0.1) is 0 Å². The van der Waals surface area contributed by atoms with E-state index in [1.165, 1.54) is 16.5 Å². The lowest BCUT2D eigenvalue weighted by Gasteiger charge is -2.10. The van der Waals surface area contributed by atoms with Crippen LogP contribution in [0.2, 0.25) is 0 Å². The van der Waals surface area contributed by atoms with Gasteiger partial charge in [0.05, 0.1) is 7.11 Å². The average molecular weight is 252 g/mol. The maximum absolute atomic E-state index is 5.25. The van der Waals surface area contributed by atoms with Crippen molar-refractivity contribution in [3.63, 3.8) is 0 Å². The Bertz CT molecular complexity index is 688. The van der Waals surface area contributed by atoms with E-state index < -0.39 is 0 Å². The van der Waals surface area contributed by atoms with Crippen LogP contribution in [0.3, 0.4) is 0 Å². The molecule has 1 unspecified atom stereocenters. The molecule has 0 saturated heterocycles. The molecule has 0 fully saturated rings. The van der Waals surface area contributed by atoms with Crippen LogP contribution in [0, 0.1) is 0 Å². The zero-order chi connectivity index (χ0) is 13.2. The minimum atomic E-state index is 0.316. The first-order valence-electron chi connectivity index (χ1n) is 6.34. The number of ether oxygens (including phenoxy) is 1. The molecule has 1 aromatic carbocycles. The number of aromatic nitrogens is 2. The molecule has 1 N–H and O–H groups in total. The summed E-state index contributed by atoms with van der Waals surface area (Å²) < 4.78 is 5.25. The number of fused-ring (bicyclic) bond motifs is 1. The van der Waals surface area contributed by atoms with Crippen molar-refractivity contribution in [1.29, 1.82) is 0 Å². The van der Waals surface area contributed by atoms with Gasteiger partial charge in [-0.25, -0.2) is 0 Å². The van der Waals surface area contributed by atoms with E-state index in [1.807, 2.05) is 24.4 Å². The maximum atomic E-state index is 5.25. The Morgan fingerprint density at radius 1 is 1.26 bits per heavy atom. The molecule has 0 aliphatic rings. The zero-order valence-corrected chi connectivity index (χ0v) is 11.1. The SMILES string of the molecule is COc1ccc2c(C(C)c3cccnc3)c[nH]c2c1. The van der Waals surface area contributed by atoms with Gasteiger partial charge in [0.2, 0.25) is 0 Å². The minimum Gasteiger partial charge on any atom is -0.497 e. The van der Waals surface area contributed by atoms with Crippen molar-refractivity contribution in [2.45, 2.75) is 12.8 Å². The van der Waals surface area contributed by atoms with Crippen molar-refractivity contribution in [2.75, 3.05) is 7.11 Å². The molecule has 0 aliphatic carbocycles. The first kappa shape index (κ1) is 11.8. The number of pyridine rings is 1. The first-order valence-corrected chi connectivity index (χ1v) is 6.34. The van der Waals surface area contributed by atoms with Crippen LogP contribution in [-0.4, -0.2) is 17.1 Å². The third kappa shape index (κ3) is 2.08. The number of benzene rings is 1. The normalized spacial score (nSPS) is 12.5. The topological polar surface area (TPSA) is 37.9 Å². The second-order valence-corrected chi connectivity index (χ2v) is 4.66. The van der Waals surface area contributed by atoms with Crippen LogP contribution in [0.15, 0.2) is 48.9 Å². The van der Waals surface area contributed by atoms with Gasteiger partial charge in [0, 0.05) is 41.5 Å². The lowest BCUT2D eigenvalue weighted by atomic mass is 9.94. The Labute approximate surface area is 112 Å². The number of nitrogens with zero attached hydrogens (tertiary/aromatic N) is 1. The number of methoxy groups -OCH3 is 1. The molecule has 1 atom stereocenters. The van der Waals surface area contributed by atoms with E-state index in [-0.39, 0.29) is 0 Å². The van der Waals surface area contributed by atoms with Gasteiger partial charge in [-0.05, 0) is 29.3 Å². The van der Waals surface area contributed by atoms with Gasteiger partial charge in [0.15, 0.2) is 0 Å². The monoisotopic (exact) mass is 252 g/mol. The highest BCUT2D eigenvalue weighted by Gasteiger charge is 2.13. The smallest absolute Gasteiger partial charge is 0.120 e. The third-order valence-electron chi connectivity index (χ3n) is 3.57. The van der Waals surface area contributed by atoms with Crippen LogP contribution in [0.25, 0.3) is 10.9 Å². The minimum absolute atomic E-state index is 0.316. The van der Waals surface area contributed by atoms with Crippen molar-refractivity contribution in [3.05, 3.63) is 60.0 Å². The lowest BCUT2D eigenvalue weighted by molar-refractivity contribution is 0.415. The molecular weight excluding hydrogens is 236 g/mol. The molecule has 3 aromatic rings. The zero-order valence-electron chi connectivity index (χ0n) is 11.1. The van der Waals surface area contributed by atoms with Crippen LogP contribution >= 0.6 is 0 Å². The van der Waals surface area contributed by atoms with Crippen LogP contribution in [0.1, 0.15) is 24.0 Å². The molecule has 3 heteroatoms. The molecule has 0 aliphatic heterocycles. The first-order chi connectivity index (χ1) is 9.29. The number of aromatic amines is 1. The molecule has 2 aromatic heterocycles. The van der Waals surface area contributed by atoms with E-state index in [4.69, 9.17) is 4.74 Å². The lowest BCUT2D eigenvalue weighted by Crippen LogP contribution is -1.95. The van der Waals surface area contributed by atoms with Crippen LogP contribution in [0.5, 0.6) is 5.75 Å². The molecule has 96 valence electrons. The summed E-state index contributed by atoms with van der Waals surface area (Å²) in [6, 6.07) is 10.2. The Balaban J connectivity index is 2.06. The van der Waals surface area contributed by atoms with Crippen LogP contribution < -0.4 is 4.74 Å². The van der Waals surface area contributed by atoms with Crippen molar-refractivity contribution in [1.82, 2.24) is 9.97 Å². The van der Waals surface area contributed by atoms with Gasteiger partial charge in [0.25, 0.3) is 0 Å². The Morgan fingerprint density at radius 2 is 2.16 bits per heavy atom. The molecular formula is C16H16N2O. The summed E-state index contributed by atoms with van der Waals surface area (Å²) in [7, 11) is 1.68. The Hall–Kier alpha value is -2.29. The summed E-state index contributed by atoms with van der Waals surface area (Å²) in [6.07, 6.45) is 5.80. The summed E-state index contributed by atoms with van der Waals surface area (Å²) in [5.41, 5.74) is 3.61. The van der Waals surface area contributed by atoms with E-state index in [0.717, 1.165) is 11.3 Å². The number of hydrogen-bond donors (Lipinski definition) is 1. The molecule has 19 heavy (non-hydrogen) atoms. The number of nitrogens with one attached hydrogen (secondary N) is 1. The quantitative estimate of drug-likeness (QED) is 0.771. The second kappa shape index (κ2) is 4.76. The van der Waals surface area contributed by atoms with Gasteiger partial charge in [-0.1, -0.05) is 13.0 Å². The van der Waals surface area contributed by atoms with Gasteiger partial charge < -0.3 is 9.72 Å². The van der Waals surface area contributed by atoms with Crippen molar-refractivity contribution in [2.24, 2.45) is 0 Å². The predicted octanol–water partition coefficient (Wildman–Crippen LogP) is 3.72. The van der Waals surface area contributed by atoms with Crippen molar-refractivity contribution >= 4 is 10.9 Å². The molecule has 2 heterocycles. The standard InChI is InChI=1S/C16H16N2O/c1-11(12-4-3-7-17-9-12)15-10-18-16-8-13(19-2)5-6-14(15)16/h3-11,18H,1-2H3. The van der Waals surface area contributed by atoms with Gasteiger partial charge in [0.1, 0.15) is 5.75 Å². The molecule has 3 nitrogen and oxygen atoms in total. The molecule has 0 saturated carbocycles. The fourth-order valence-corrected chi connectivity index (χ4v) is 2.42. The number of rotatable bonds is 3. The number of H-pyrrole nitrogens is 1. The van der Waals surface area contributed by atoms with Crippen molar-refractivity contribution in [3.8, 4) is 5.75 Å². The fraction of sp³-hybridized carbons (Fsp3) is 0.188. The second-order valence-electron chi connectivity index (χ2n) is 4.66. The average Bonchev–Trinajstić information content (AvgIpc) is 2.90. The highest BCUT2D eigenvalue weighted by Crippen LogP contribution is 2.31. The van der Waals surface area contributed by atoms with E-state index in [2.05, 4.69) is 35.2 Å². The molecule has 0 spiro atoms. The fourth-order valence-electron chi connectivity index (χ4n) is 2.42. The van der Waals surface area contributed by atoms with Gasteiger partial charge in [-0.3, -0.25) is 4.98 Å². The van der Waals surface area contributed by atoms with Gasteiger partial charge in [-0.2, -0.15) is 0 Å². The van der Waals surface area contributed by atoms with E-state index in [1.54, 1.807) is 13.3 Å². The summed E-state index contributed by atoms with van der Waals surface area (Å²) >= 11 is 0. The van der Waals surface area contributed by atoms with E-state index in [0.29, 0.717) is 5.92 Å². The predicted molar refractivity (Wildman–Crippen MR) is 76.6 cm³/mol. The van der Waals surface area contributed by atoms with E-state index >= 15 is 0 Å². The molecule has 0 amide bonds. The Morgan fingerprint density at radius 3 is 2.89 bits per heavy atom. The highest BCUT2D eigenvalue weighted by atomic mass is 16.5. The third-order valence-corrected chi connectivity index (χ3v) is 3.57. The Kier molecular flexibility index (Phi) is 2.95. The van der Waals surface area contributed by atoms with Crippen molar-refractivity contribution < 1.29 is 4.74 Å². The number of hydrogen-bond acceptors (Lipinski definition) is 2.